The Hall–Kier alpha value is -2.96. The molecule has 2 aliphatic heterocycles. The van der Waals surface area contributed by atoms with Crippen molar-refractivity contribution in [3.63, 3.8) is 0 Å². The molecule has 0 bridgehead atoms. The zero-order valence-corrected chi connectivity index (χ0v) is 18.9. The van der Waals surface area contributed by atoms with Crippen LogP contribution in [0.15, 0.2) is 6.07 Å². The molecule has 0 atom stereocenters. The molecule has 3 aromatic heterocycles. The lowest BCUT2D eigenvalue weighted by atomic mass is 10.2. The van der Waals surface area contributed by atoms with Gasteiger partial charge in [-0.2, -0.15) is 18.2 Å². The van der Waals surface area contributed by atoms with Crippen molar-refractivity contribution in [2.75, 3.05) is 29.4 Å². The number of nitrogens with zero attached hydrogens (tertiary/aromatic N) is 7. The Kier molecular flexibility index (Phi) is 5.38. The van der Waals surface area contributed by atoms with Crippen LogP contribution in [-0.4, -0.2) is 56.4 Å². The number of halogens is 3. The molecule has 0 amide bonds. The largest absolute Gasteiger partial charge is 0.459 e. The minimum atomic E-state index is -4.54. The normalized spacial score (nSPS) is 16.8. The van der Waals surface area contributed by atoms with E-state index in [1.807, 2.05) is 9.80 Å². The number of fused-ring (bicyclic) bond motifs is 2. The van der Waals surface area contributed by atoms with E-state index in [1.54, 1.807) is 11.3 Å². The number of aromatic nitrogens is 5. The first-order valence-electron chi connectivity index (χ1n) is 10.7. The molecule has 0 N–H and O–H groups in total. The third kappa shape index (κ3) is 4.09. The summed E-state index contributed by atoms with van der Waals surface area (Å²) in [6, 6.07) is 2.07. The van der Waals surface area contributed by atoms with Crippen LogP contribution in [0.25, 0.3) is 10.2 Å². The molecular weight excluding hydrogens is 459 g/mol. The van der Waals surface area contributed by atoms with Crippen LogP contribution in [0.5, 0.6) is 0 Å². The number of thiophene rings is 1. The van der Waals surface area contributed by atoms with Crippen molar-refractivity contribution in [3.8, 4) is 0 Å². The fourth-order valence-corrected chi connectivity index (χ4v) is 5.28. The highest BCUT2D eigenvalue weighted by Crippen LogP contribution is 2.36. The lowest BCUT2D eigenvalue weighted by molar-refractivity contribution is -0.148. The van der Waals surface area contributed by atoms with Crippen LogP contribution in [0.4, 0.5) is 24.9 Å². The summed E-state index contributed by atoms with van der Waals surface area (Å²) in [7, 11) is 0. The van der Waals surface area contributed by atoms with Gasteiger partial charge in [-0.05, 0) is 12.5 Å². The van der Waals surface area contributed by atoms with E-state index in [-0.39, 0.29) is 31.0 Å². The topological polar surface area (TPSA) is 89.3 Å². The van der Waals surface area contributed by atoms with Gasteiger partial charge in [0.1, 0.15) is 16.8 Å². The smallest absolute Gasteiger partial charge is 0.451 e. The summed E-state index contributed by atoms with van der Waals surface area (Å²) in [6.07, 6.45) is -2.83. The van der Waals surface area contributed by atoms with Gasteiger partial charge in [0, 0.05) is 24.9 Å². The first kappa shape index (κ1) is 21.9. The van der Waals surface area contributed by atoms with E-state index in [0.29, 0.717) is 31.4 Å². The molecule has 0 saturated carbocycles. The SMILES string of the molecule is CCCc1cc2c(N3CCn4c(nnc4C(F)(F)F)C3)nc(N3CC(OC(C)=O)C3)nc2s1. The van der Waals surface area contributed by atoms with E-state index in [9.17, 15) is 18.0 Å². The predicted molar refractivity (Wildman–Crippen MR) is 115 cm³/mol. The fourth-order valence-electron chi connectivity index (χ4n) is 4.16. The van der Waals surface area contributed by atoms with E-state index >= 15 is 0 Å². The summed E-state index contributed by atoms with van der Waals surface area (Å²) in [4.78, 5) is 26.6. The van der Waals surface area contributed by atoms with Crippen molar-refractivity contribution in [3.05, 3.63) is 22.6 Å². The highest BCUT2D eigenvalue weighted by Gasteiger charge is 2.40. The summed E-state index contributed by atoms with van der Waals surface area (Å²) < 4.78 is 46.0. The minimum Gasteiger partial charge on any atom is -0.459 e. The van der Waals surface area contributed by atoms with Gasteiger partial charge in [-0.25, -0.2) is 4.98 Å². The van der Waals surface area contributed by atoms with Gasteiger partial charge in [0.05, 0.1) is 25.0 Å². The number of anilines is 2. The Morgan fingerprint density at radius 2 is 2.00 bits per heavy atom. The first-order chi connectivity index (χ1) is 15.7. The lowest BCUT2D eigenvalue weighted by Gasteiger charge is -2.38. The third-order valence-corrected chi connectivity index (χ3v) is 6.77. The number of carbonyl (C=O) groups excluding carboxylic acids is 1. The first-order valence-corrected chi connectivity index (χ1v) is 11.5. The summed E-state index contributed by atoms with van der Waals surface area (Å²) >= 11 is 1.60. The second-order valence-electron chi connectivity index (χ2n) is 8.18. The molecule has 5 heterocycles. The number of hydrogen-bond acceptors (Lipinski definition) is 9. The molecule has 33 heavy (non-hydrogen) atoms. The Labute approximate surface area is 191 Å². The number of aryl methyl sites for hydroxylation is 1. The van der Waals surface area contributed by atoms with Crippen LogP contribution < -0.4 is 9.80 Å². The summed E-state index contributed by atoms with van der Waals surface area (Å²) in [5.41, 5.74) is 0. The molecule has 176 valence electrons. The van der Waals surface area contributed by atoms with Crippen LogP contribution in [-0.2, 0) is 35.2 Å². The molecule has 0 unspecified atom stereocenters. The number of rotatable bonds is 5. The fraction of sp³-hybridized carbons (Fsp3) is 0.550. The maximum Gasteiger partial charge on any atom is 0.451 e. The second-order valence-corrected chi connectivity index (χ2v) is 9.29. The van der Waals surface area contributed by atoms with Gasteiger partial charge in [-0.3, -0.25) is 4.79 Å². The van der Waals surface area contributed by atoms with Gasteiger partial charge in [0.25, 0.3) is 0 Å². The van der Waals surface area contributed by atoms with Gasteiger partial charge < -0.3 is 19.1 Å². The molecule has 9 nitrogen and oxygen atoms in total. The van der Waals surface area contributed by atoms with Crippen molar-refractivity contribution in [1.29, 1.82) is 0 Å². The summed E-state index contributed by atoms with van der Waals surface area (Å²) in [6.45, 7) is 5.11. The molecule has 0 radical (unpaired) electrons. The molecular formula is C20H22F3N7O2S. The van der Waals surface area contributed by atoms with Gasteiger partial charge in [0.2, 0.25) is 11.8 Å². The van der Waals surface area contributed by atoms with E-state index in [4.69, 9.17) is 14.7 Å². The molecule has 5 rings (SSSR count). The molecule has 0 spiro atoms. The maximum absolute atomic E-state index is 13.2. The minimum absolute atomic E-state index is 0.113. The van der Waals surface area contributed by atoms with Crippen molar-refractivity contribution < 1.29 is 22.7 Å². The van der Waals surface area contributed by atoms with Crippen molar-refractivity contribution in [1.82, 2.24) is 24.7 Å². The van der Waals surface area contributed by atoms with Crippen LogP contribution in [0, 0.1) is 0 Å². The third-order valence-electron chi connectivity index (χ3n) is 5.68. The van der Waals surface area contributed by atoms with E-state index in [1.165, 1.54) is 11.8 Å². The van der Waals surface area contributed by atoms with Crippen LogP contribution in [0.2, 0.25) is 0 Å². The predicted octanol–water partition coefficient (Wildman–Crippen LogP) is 3.03. The average molecular weight is 482 g/mol. The molecule has 1 fully saturated rings. The molecule has 3 aromatic rings. The highest BCUT2D eigenvalue weighted by molar-refractivity contribution is 7.18. The van der Waals surface area contributed by atoms with Crippen LogP contribution in [0.1, 0.15) is 36.8 Å². The Balaban J connectivity index is 1.47. The Morgan fingerprint density at radius 1 is 1.21 bits per heavy atom. The quantitative estimate of drug-likeness (QED) is 0.514. The highest BCUT2D eigenvalue weighted by atomic mass is 32.1. The molecule has 0 aromatic carbocycles. The molecule has 1 saturated heterocycles. The van der Waals surface area contributed by atoms with Crippen molar-refractivity contribution in [2.45, 2.75) is 52.1 Å². The van der Waals surface area contributed by atoms with Crippen molar-refractivity contribution >= 4 is 39.3 Å². The van der Waals surface area contributed by atoms with Crippen LogP contribution in [0.3, 0.4) is 0 Å². The number of alkyl halides is 3. The molecule has 0 aliphatic carbocycles. The Bertz CT molecular complexity index is 1200. The number of esters is 1. The zero-order valence-electron chi connectivity index (χ0n) is 18.1. The lowest BCUT2D eigenvalue weighted by Crippen LogP contribution is -2.53. The average Bonchev–Trinajstić information content (AvgIpc) is 3.32. The van der Waals surface area contributed by atoms with Gasteiger partial charge >= 0.3 is 12.1 Å². The number of carbonyl (C=O) groups is 1. The van der Waals surface area contributed by atoms with Gasteiger partial charge in [0.15, 0.2) is 5.82 Å². The summed E-state index contributed by atoms with van der Waals surface area (Å²) in [5, 5.41) is 8.04. The van der Waals surface area contributed by atoms with Crippen molar-refractivity contribution in [2.24, 2.45) is 0 Å². The zero-order chi connectivity index (χ0) is 23.3. The standard InChI is InChI=1S/C20H22F3N7O2S/c1-3-4-13-7-14-16(28-5-6-30-15(10-28)26-27-18(30)20(21,22)23)24-19(25-17(14)33-13)29-8-12(9-29)32-11(2)31/h7,12H,3-6,8-10H2,1-2H3. The van der Waals surface area contributed by atoms with Crippen LogP contribution >= 0.6 is 11.3 Å². The number of ether oxygens (including phenoxy) is 1. The van der Waals surface area contributed by atoms with E-state index < -0.39 is 12.0 Å². The van der Waals surface area contributed by atoms with E-state index in [0.717, 1.165) is 27.6 Å². The summed E-state index contributed by atoms with van der Waals surface area (Å²) in [5.74, 6) is 0.157. The second kappa shape index (κ2) is 8.12. The Morgan fingerprint density at radius 3 is 2.70 bits per heavy atom. The van der Waals surface area contributed by atoms with E-state index in [2.05, 4.69) is 23.2 Å². The number of hydrogen-bond donors (Lipinski definition) is 0. The maximum atomic E-state index is 13.2. The van der Waals surface area contributed by atoms with Gasteiger partial charge in [-0.15, -0.1) is 21.5 Å². The molecule has 13 heteroatoms. The van der Waals surface area contributed by atoms with Gasteiger partial charge in [-0.1, -0.05) is 13.3 Å². The molecule has 2 aliphatic rings. The monoisotopic (exact) mass is 481 g/mol.